The number of nitro benzene ring substituents is 1. The maximum absolute atomic E-state index is 10.8. The molecule has 1 N–H and O–H groups in total. The van der Waals surface area contributed by atoms with Gasteiger partial charge in [0, 0.05) is 29.2 Å². The molecule has 0 heterocycles. The van der Waals surface area contributed by atoms with E-state index < -0.39 is 0 Å². The molecule has 2 rings (SSSR count). The van der Waals surface area contributed by atoms with Crippen LogP contribution in [0.4, 0.5) is 5.69 Å². The summed E-state index contributed by atoms with van der Waals surface area (Å²) < 4.78 is 0.759. The third-order valence-electron chi connectivity index (χ3n) is 3.30. The summed E-state index contributed by atoms with van der Waals surface area (Å²) in [5, 5.41) is 14.2. The van der Waals surface area contributed by atoms with Crippen LogP contribution in [0.3, 0.4) is 0 Å². The number of nitrogens with zero attached hydrogens (tertiary/aromatic N) is 1. The predicted octanol–water partition coefficient (Wildman–Crippen LogP) is 3.64. The van der Waals surface area contributed by atoms with E-state index in [1.807, 2.05) is 6.07 Å². The van der Waals surface area contributed by atoms with Crippen molar-refractivity contribution in [3.05, 3.63) is 38.3 Å². The van der Waals surface area contributed by atoms with E-state index in [1.54, 1.807) is 6.07 Å². The van der Waals surface area contributed by atoms with Crippen LogP contribution in [0.2, 0.25) is 0 Å². The van der Waals surface area contributed by atoms with Crippen molar-refractivity contribution in [3.8, 4) is 0 Å². The Labute approximate surface area is 115 Å². The normalized spacial score (nSPS) is 21.9. The van der Waals surface area contributed by atoms with Gasteiger partial charge in [-0.05, 0) is 30.4 Å². The summed E-state index contributed by atoms with van der Waals surface area (Å²) in [5.41, 5.74) is 1.10. The van der Waals surface area contributed by atoms with Gasteiger partial charge in [0.15, 0.2) is 0 Å². The molecule has 4 nitrogen and oxygen atoms in total. The van der Waals surface area contributed by atoms with Gasteiger partial charge in [-0.25, -0.2) is 0 Å². The molecular weight excluding hydrogens is 296 g/mol. The van der Waals surface area contributed by atoms with Crippen molar-refractivity contribution in [1.29, 1.82) is 0 Å². The molecule has 2 unspecified atom stereocenters. The van der Waals surface area contributed by atoms with Crippen LogP contribution < -0.4 is 5.32 Å². The highest BCUT2D eigenvalue weighted by Crippen LogP contribution is 2.34. The maximum Gasteiger partial charge on any atom is 0.270 e. The molecule has 1 saturated carbocycles. The second-order valence-corrected chi connectivity index (χ2v) is 5.76. The van der Waals surface area contributed by atoms with E-state index in [9.17, 15) is 10.1 Å². The minimum absolute atomic E-state index is 0.141. The Balaban J connectivity index is 1.92. The molecule has 0 aliphatic heterocycles. The Morgan fingerprint density at radius 1 is 1.50 bits per heavy atom. The standard InChI is InChI=1S/C13H17BrN2O2/c1-2-3-10-6-13(10)15-8-9-4-11(14)7-12(5-9)16(17)18/h4-5,7,10,13,15H,2-3,6,8H2,1H3. The zero-order chi connectivity index (χ0) is 13.1. The molecule has 0 radical (unpaired) electrons. The molecule has 0 saturated heterocycles. The Bertz CT molecular complexity index is 451. The van der Waals surface area contributed by atoms with E-state index in [2.05, 4.69) is 28.2 Å². The van der Waals surface area contributed by atoms with Gasteiger partial charge in [-0.3, -0.25) is 10.1 Å². The molecule has 2 atom stereocenters. The zero-order valence-electron chi connectivity index (χ0n) is 10.4. The van der Waals surface area contributed by atoms with Gasteiger partial charge < -0.3 is 5.32 Å². The molecule has 98 valence electrons. The lowest BCUT2D eigenvalue weighted by Crippen LogP contribution is -2.17. The number of halogens is 1. The fourth-order valence-electron chi connectivity index (χ4n) is 2.28. The minimum Gasteiger partial charge on any atom is -0.310 e. The van der Waals surface area contributed by atoms with Crippen LogP contribution in [0.5, 0.6) is 0 Å². The number of nitro groups is 1. The van der Waals surface area contributed by atoms with Crippen LogP contribution >= 0.6 is 15.9 Å². The van der Waals surface area contributed by atoms with Crippen molar-refractivity contribution in [2.75, 3.05) is 0 Å². The average molecular weight is 313 g/mol. The quantitative estimate of drug-likeness (QED) is 0.644. The molecule has 1 aliphatic carbocycles. The van der Waals surface area contributed by atoms with Gasteiger partial charge in [-0.15, -0.1) is 0 Å². The molecule has 18 heavy (non-hydrogen) atoms. The summed E-state index contributed by atoms with van der Waals surface area (Å²) in [5.74, 6) is 0.803. The van der Waals surface area contributed by atoms with Crippen molar-refractivity contribution in [3.63, 3.8) is 0 Å². The van der Waals surface area contributed by atoms with Gasteiger partial charge >= 0.3 is 0 Å². The highest BCUT2D eigenvalue weighted by atomic mass is 79.9. The molecule has 1 aromatic rings. The fourth-order valence-corrected chi connectivity index (χ4v) is 2.81. The minimum atomic E-state index is -0.356. The van der Waals surface area contributed by atoms with Crippen LogP contribution in [-0.2, 0) is 6.54 Å². The van der Waals surface area contributed by atoms with E-state index in [4.69, 9.17) is 0 Å². The zero-order valence-corrected chi connectivity index (χ0v) is 11.9. The van der Waals surface area contributed by atoms with E-state index in [1.165, 1.54) is 25.3 Å². The Kier molecular flexibility index (Phi) is 4.35. The van der Waals surface area contributed by atoms with Crippen LogP contribution in [0.25, 0.3) is 0 Å². The Morgan fingerprint density at radius 2 is 2.28 bits per heavy atom. The first-order chi connectivity index (χ1) is 8.60. The lowest BCUT2D eigenvalue weighted by atomic mass is 10.2. The third kappa shape index (κ3) is 3.53. The number of hydrogen-bond acceptors (Lipinski definition) is 3. The number of hydrogen-bond donors (Lipinski definition) is 1. The van der Waals surface area contributed by atoms with Gasteiger partial charge in [0.25, 0.3) is 5.69 Å². The molecule has 0 aromatic heterocycles. The van der Waals surface area contributed by atoms with Gasteiger partial charge in [-0.2, -0.15) is 0 Å². The topological polar surface area (TPSA) is 55.2 Å². The van der Waals surface area contributed by atoms with Crippen molar-refractivity contribution in [1.82, 2.24) is 5.32 Å². The second kappa shape index (κ2) is 5.80. The van der Waals surface area contributed by atoms with E-state index in [-0.39, 0.29) is 10.6 Å². The van der Waals surface area contributed by atoms with E-state index in [0.717, 1.165) is 16.0 Å². The first-order valence-corrected chi connectivity index (χ1v) is 7.06. The van der Waals surface area contributed by atoms with Crippen molar-refractivity contribution >= 4 is 21.6 Å². The SMILES string of the molecule is CCCC1CC1NCc1cc(Br)cc([N+](=O)[O-])c1. The molecule has 1 aromatic carbocycles. The van der Waals surface area contributed by atoms with Crippen molar-refractivity contribution in [2.45, 2.75) is 38.8 Å². The largest absolute Gasteiger partial charge is 0.310 e. The van der Waals surface area contributed by atoms with E-state index in [0.29, 0.717) is 12.6 Å². The lowest BCUT2D eigenvalue weighted by Gasteiger charge is -2.05. The highest BCUT2D eigenvalue weighted by Gasteiger charge is 2.35. The predicted molar refractivity (Wildman–Crippen MR) is 74.4 cm³/mol. The van der Waals surface area contributed by atoms with Crippen molar-refractivity contribution < 1.29 is 4.92 Å². The highest BCUT2D eigenvalue weighted by molar-refractivity contribution is 9.10. The number of nitrogens with one attached hydrogen (secondary N) is 1. The summed E-state index contributed by atoms with van der Waals surface area (Å²) in [6.07, 6.45) is 3.74. The van der Waals surface area contributed by atoms with Crippen molar-refractivity contribution in [2.24, 2.45) is 5.92 Å². The molecule has 0 bridgehead atoms. The maximum atomic E-state index is 10.8. The Morgan fingerprint density at radius 3 is 2.94 bits per heavy atom. The molecule has 5 heteroatoms. The molecule has 0 amide bonds. The number of rotatable bonds is 6. The van der Waals surface area contributed by atoms with E-state index >= 15 is 0 Å². The summed E-state index contributed by atoms with van der Waals surface area (Å²) >= 11 is 3.31. The lowest BCUT2D eigenvalue weighted by molar-refractivity contribution is -0.385. The first kappa shape index (κ1) is 13.5. The average Bonchev–Trinajstić information content (AvgIpc) is 3.05. The third-order valence-corrected chi connectivity index (χ3v) is 3.76. The molecule has 1 fully saturated rings. The fraction of sp³-hybridized carbons (Fsp3) is 0.538. The molecular formula is C13H17BrN2O2. The number of non-ortho nitro benzene ring substituents is 1. The van der Waals surface area contributed by atoms with Gasteiger partial charge in [0.2, 0.25) is 0 Å². The van der Waals surface area contributed by atoms with Crippen LogP contribution in [-0.4, -0.2) is 11.0 Å². The second-order valence-electron chi connectivity index (χ2n) is 4.85. The summed E-state index contributed by atoms with van der Waals surface area (Å²) in [6.45, 7) is 2.90. The van der Waals surface area contributed by atoms with Crippen LogP contribution in [0, 0.1) is 16.0 Å². The molecule has 0 spiro atoms. The van der Waals surface area contributed by atoms with Gasteiger partial charge in [0.05, 0.1) is 4.92 Å². The van der Waals surface area contributed by atoms with Crippen LogP contribution in [0.15, 0.2) is 22.7 Å². The first-order valence-electron chi connectivity index (χ1n) is 6.27. The Hall–Kier alpha value is -0.940. The number of benzene rings is 1. The smallest absolute Gasteiger partial charge is 0.270 e. The van der Waals surface area contributed by atoms with Gasteiger partial charge in [-0.1, -0.05) is 29.3 Å². The van der Waals surface area contributed by atoms with Crippen LogP contribution in [0.1, 0.15) is 31.7 Å². The summed E-state index contributed by atoms with van der Waals surface area (Å²) in [6, 6.07) is 5.69. The van der Waals surface area contributed by atoms with Gasteiger partial charge in [0.1, 0.15) is 0 Å². The monoisotopic (exact) mass is 312 g/mol. The summed E-state index contributed by atoms with van der Waals surface area (Å²) in [4.78, 5) is 10.4. The molecule has 1 aliphatic rings. The summed E-state index contributed by atoms with van der Waals surface area (Å²) in [7, 11) is 0.